The number of carbonyl (C=O) groups excluding carboxylic acids is 2. The van der Waals surface area contributed by atoms with Crippen LogP contribution in [0.5, 0.6) is 0 Å². The molecule has 4 rings (SSSR count). The van der Waals surface area contributed by atoms with Gasteiger partial charge in [0.15, 0.2) is 0 Å². The number of aryl methyl sites for hydroxylation is 2. The molecule has 4 aromatic rings. The van der Waals surface area contributed by atoms with Crippen molar-refractivity contribution in [2.45, 2.75) is 19.9 Å². The molecule has 0 unspecified atom stereocenters. The highest BCUT2D eigenvalue weighted by atomic mass is 32.1. The van der Waals surface area contributed by atoms with E-state index in [2.05, 4.69) is 25.8 Å². The summed E-state index contributed by atoms with van der Waals surface area (Å²) in [5.74, 6) is -1.03. The van der Waals surface area contributed by atoms with Crippen LogP contribution in [-0.4, -0.2) is 31.3 Å². The van der Waals surface area contributed by atoms with Crippen LogP contribution in [0.15, 0.2) is 59.4 Å². The molecule has 0 spiro atoms. The topological polar surface area (TPSA) is 119 Å². The lowest BCUT2D eigenvalue weighted by Gasteiger charge is -2.08. The molecule has 156 valence electrons. The summed E-state index contributed by atoms with van der Waals surface area (Å²) in [5.41, 5.74) is 7.35. The number of fused-ring (bicyclic) bond motifs is 1. The van der Waals surface area contributed by atoms with Gasteiger partial charge in [-0.2, -0.15) is 0 Å². The lowest BCUT2D eigenvalue weighted by atomic mass is 10.1. The zero-order chi connectivity index (χ0) is 21.8. The molecule has 31 heavy (non-hydrogen) atoms. The fourth-order valence-electron chi connectivity index (χ4n) is 2.96. The summed E-state index contributed by atoms with van der Waals surface area (Å²) >= 11 is 1.41. The maximum atomic E-state index is 13.0. The molecule has 0 fully saturated rings. The quantitative estimate of drug-likeness (QED) is 0.464. The maximum absolute atomic E-state index is 13.0. The van der Waals surface area contributed by atoms with E-state index < -0.39 is 11.8 Å². The Labute approximate surface area is 180 Å². The second-order valence-corrected chi connectivity index (χ2v) is 7.64. The number of hydrazine groups is 1. The largest absolute Gasteiger partial charge is 0.298 e. The van der Waals surface area contributed by atoms with Gasteiger partial charge in [0.2, 0.25) is 5.91 Å². The minimum Gasteiger partial charge on any atom is -0.298 e. The fraction of sp³-hybridized carbons (Fsp3) is 0.143. The van der Waals surface area contributed by atoms with Crippen molar-refractivity contribution in [3.8, 4) is 11.1 Å². The van der Waals surface area contributed by atoms with E-state index in [4.69, 9.17) is 0 Å². The van der Waals surface area contributed by atoms with E-state index in [1.165, 1.54) is 40.8 Å². The number of rotatable bonds is 5. The Bertz CT molecular complexity index is 1300. The van der Waals surface area contributed by atoms with Crippen molar-refractivity contribution in [2.24, 2.45) is 0 Å². The van der Waals surface area contributed by atoms with Gasteiger partial charge in [0.1, 0.15) is 10.5 Å². The third kappa shape index (κ3) is 4.48. The molecule has 0 aliphatic carbocycles. The Kier molecular flexibility index (Phi) is 5.80. The number of carbonyl (C=O) groups is 2. The minimum absolute atomic E-state index is 0.0160. The molecular weight excluding hydrogens is 416 g/mol. The van der Waals surface area contributed by atoms with Gasteiger partial charge in [-0.05, 0) is 12.5 Å². The van der Waals surface area contributed by atoms with Gasteiger partial charge in [-0.15, -0.1) is 11.3 Å². The Morgan fingerprint density at radius 2 is 1.90 bits per heavy atom. The number of hydrogen-bond acceptors (Lipinski definition) is 7. The van der Waals surface area contributed by atoms with Crippen LogP contribution < -0.4 is 16.4 Å². The number of thiophene rings is 1. The van der Waals surface area contributed by atoms with Crippen LogP contribution in [0.1, 0.15) is 22.5 Å². The van der Waals surface area contributed by atoms with Gasteiger partial charge in [-0.25, -0.2) is 9.97 Å². The molecule has 3 aromatic heterocycles. The van der Waals surface area contributed by atoms with Crippen molar-refractivity contribution >= 4 is 33.4 Å². The van der Waals surface area contributed by atoms with Crippen LogP contribution in [0.4, 0.5) is 0 Å². The third-order valence-electron chi connectivity index (χ3n) is 4.61. The van der Waals surface area contributed by atoms with Gasteiger partial charge >= 0.3 is 0 Å². The first kappa shape index (κ1) is 20.4. The summed E-state index contributed by atoms with van der Waals surface area (Å²) in [7, 11) is 0. The van der Waals surface area contributed by atoms with Crippen molar-refractivity contribution in [1.82, 2.24) is 30.4 Å². The fourth-order valence-corrected chi connectivity index (χ4v) is 3.87. The highest BCUT2D eigenvalue weighted by Gasteiger charge is 2.14. The second kappa shape index (κ2) is 8.84. The van der Waals surface area contributed by atoms with Crippen LogP contribution in [0.3, 0.4) is 0 Å². The maximum Gasteiger partial charge on any atom is 0.289 e. The van der Waals surface area contributed by atoms with E-state index in [1.807, 2.05) is 36.6 Å². The SMILES string of the molecule is Cc1ccc(-c2csc3ncn(CCC(=O)NNC(=O)c4cnccn4)c(=O)c23)cc1. The first-order valence-electron chi connectivity index (χ1n) is 9.42. The lowest BCUT2D eigenvalue weighted by molar-refractivity contribution is -0.122. The van der Waals surface area contributed by atoms with E-state index in [0.717, 1.165) is 16.7 Å². The average molecular weight is 434 g/mol. The highest BCUT2D eigenvalue weighted by molar-refractivity contribution is 7.17. The zero-order valence-electron chi connectivity index (χ0n) is 16.5. The van der Waals surface area contributed by atoms with Crippen LogP contribution in [0, 0.1) is 6.92 Å². The molecule has 0 aliphatic heterocycles. The second-order valence-electron chi connectivity index (χ2n) is 6.78. The number of amides is 2. The van der Waals surface area contributed by atoms with E-state index in [9.17, 15) is 14.4 Å². The van der Waals surface area contributed by atoms with Crippen LogP contribution in [0.25, 0.3) is 21.3 Å². The molecule has 0 radical (unpaired) electrons. The predicted molar refractivity (Wildman–Crippen MR) is 116 cm³/mol. The molecule has 0 saturated heterocycles. The number of benzene rings is 1. The van der Waals surface area contributed by atoms with Gasteiger partial charge in [0, 0.05) is 36.3 Å². The summed E-state index contributed by atoms with van der Waals surface area (Å²) in [4.78, 5) is 49.7. The van der Waals surface area contributed by atoms with Gasteiger partial charge in [0.25, 0.3) is 11.5 Å². The van der Waals surface area contributed by atoms with E-state index in [-0.39, 0.29) is 24.2 Å². The van der Waals surface area contributed by atoms with Crippen molar-refractivity contribution in [1.29, 1.82) is 0 Å². The van der Waals surface area contributed by atoms with E-state index >= 15 is 0 Å². The van der Waals surface area contributed by atoms with Crippen molar-refractivity contribution in [3.63, 3.8) is 0 Å². The number of aromatic nitrogens is 4. The van der Waals surface area contributed by atoms with Gasteiger partial charge in [-0.3, -0.25) is 34.8 Å². The van der Waals surface area contributed by atoms with Crippen LogP contribution in [0.2, 0.25) is 0 Å². The Balaban J connectivity index is 1.45. The number of nitrogens with one attached hydrogen (secondary N) is 2. The molecule has 0 atom stereocenters. The van der Waals surface area contributed by atoms with Crippen LogP contribution in [-0.2, 0) is 11.3 Å². The smallest absolute Gasteiger partial charge is 0.289 e. The van der Waals surface area contributed by atoms with Crippen molar-refractivity contribution < 1.29 is 9.59 Å². The zero-order valence-corrected chi connectivity index (χ0v) is 17.3. The third-order valence-corrected chi connectivity index (χ3v) is 5.50. The molecule has 2 N–H and O–H groups in total. The minimum atomic E-state index is -0.581. The summed E-state index contributed by atoms with van der Waals surface area (Å²) in [6.07, 6.45) is 5.52. The van der Waals surface area contributed by atoms with Crippen molar-refractivity contribution in [3.05, 3.63) is 76.2 Å². The van der Waals surface area contributed by atoms with Crippen molar-refractivity contribution in [2.75, 3.05) is 0 Å². The molecule has 3 heterocycles. The molecule has 2 amide bonds. The average Bonchev–Trinajstić information content (AvgIpc) is 3.23. The molecule has 1 aromatic carbocycles. The first-order valence-corrected chi connectivity index (χ1v) is 10.3. The summed E-state index contributed by atoms with van der Waals surface area (Å²) in [6.45, 7) is 2.13. The van der Waals surface area contributed by atoms with Gasteiger partial charge in [-0.1, -0.05) is 29.8 Å². The molecule has 0 bridgehead atoms. The summed E-state index contributed by atoms with van der Waals surface area (Å²) < 4.78 is 1.40. The number of nitrogens with zero attached hydrogens (tertiary/aromatic N) is 4. The highest BCUT2D eigenvalue weighted by Crippen LogP contribution is 2.30. The Hall–Kier alpha value is -3.92. The molecule has 0 aliphatic rings. The number of hydrogen-bond donors (Lipinski definition) is 2. The normalized spacial score (nSPS) is 10.7. The monoisotopic (exact) mass is 434 g/mol. The van der Waals surface area contributed by atoms with Crippen LogP contribution >= 0.6 is 11.3 Å². The predicted octanol–water partition coefficient (Wildman–Crippen LogP) is 2.07. The molecule has 10 heteroatoms. The Morgan fingerprint density at radius 1 is 1.10 bits per heavy atom. The standard InChI is InChI=1S/C21H18N6O3S/c1-13-2-4-14(5-3-13)15-11-31-20-18(15)21(30)27(12-24-20)9-6-17(28)25-26-19(29)16-10-22-7-8-23-16/h2-5,7-8,10-12H,6,9H2,1H3,(H,25,28)(H,26,29). The van der Waals surface area contributed by atoms with E-state index in [0.29, 0.717) is 10.2 Å². The summed E-state index contributed by atoms with van der Waals surface area (Å²) in [6, 6.07) is 7.93. The molecular formula is C21H18N6O3S. The Morgan fingerprint density at radius 3 is 2.65 bits per heavy atom. The van der Waals surface area contributed by atoms with Gasteiger partial charge in [0.05, 0.1) is 17.9 Å². The first-order chi connectivity index (χ1) is 15.0. The lowest BCUT2D eigenvalue weighted by Crippen LogP contribution is -2.42. The summed E-state index contributed by atoms with van der Waals surface area (Å²) in [5, 5.41) is 2.45. The molecule has 9 nitrogen and oxygen atoms in total. The van der Waals surface area contributed by atoms with E-state index in [1.54, 1.807) is 0 Å². The van der Waals surface area contributed by atoms with Gasteiger partial charge < -0.3 is 0 Å². The molecule has 0 saturated carbocycles.